The number of piperidine rings is 1. The maximum Gasteiger partial charge on any atom is 0.282 e. The third-order valence-corrected chi connectivity index (χ3v) is 5.89. The van der Waals surface area contributed by atoms with Crippen molar-refractivity contribution in [2.75, 3.05) is 31.1 Å². The largest absolute Gasteiger partial charge is 0.371 e. The summed E-state index contributed by atoms with van der Waals surface area (Å²) in [5, 5.41) is 11.5. The molecule has 0 spiro atoms. The van der Waals surface area contributed by atoms with Crippen LogP contribution in [-0.2, 0) is 0 Å². The molecule has 31 heavy (non-hydrogen) atoms. The van der Waals surface area contributed by atoms with Crippen LogP contribution in [0.2, 0.25) is 0 Å². The Balaban J connectivity index is 1.50. The number of halogens is 2. The summed E-state index contributed by atoms with van der Waals surface area (Å²) in [6.07, 6.45) is 5.16. The van der Waals surface area contributed by atoms with Crippen LogP contribution >= 0.6 is 0 Å². The van der Waals surface area contributed by atoms with Crippen molar-refractivity contribution in [3.63, 3.8) is 0 Å². The Morgan fingerprint density at radius 1 is 0.968 bits per heavy atom. The number of amides is 1. The van der Waals surface area contributed by atoms with Crippen LogP contribution in [-0.4, -0.2) is 41.9 Å². The first kappa shape index (κ1) is 21.0. The first-order valence-electron chi connectivity index (χ1n) is 10.4. The Kier molecular flexibility index (Phi) is 5.97. The van der Waals surface area contributed by atoms with Gasteiger partial charge in [-0.3, -0.25) is 14.9 Å². The number of carbonyl (C=O) groups is 1. The van der Waals surface area contributed by atoms with E-state index in [2.05, 4.69) is 4.90 Å². The van der Waals surface area contributed by atoms with Crippen molar-refractivity contribution in [3.05, 3.63) is 74.8 Å². The molecule has 0 bridgehead atoms. The van der Waals surface area contributed by atoms with E-state index in [4.69, 9.17) is 0 Å². The van der Waals surface area contributed by atoms with Crippen LogP contribution in [0.1, 0.15) is 41.6 Å². The lowest BCUT2D eigenvalue weighted by Gasteiger charge is -2.31. The Hall–Kier alpha value is -3.29. The molecule has 0 atom stereocenters. The third-order valence-electron chi connectivity index (χ3n) is 5.89. The minimum absolute atomic E-state index is 0.132. The van der Waals surface area contributed by atoms with E-state index in [9.17, 15) is 23.7 Å². The molecule has 2 aromatic rings. The number of rotatable bonds is 4. The molecule has 0 radical (unpaired) electrons. The smallest absolute Gasteiger partial charge is 0.282 e. The number of nitro benzene ring substituents is 1. The molecule has 0 N–H and O–H groups in total. The highest BCUT2D eigenvalue weighted by Crippen LogP contribution is 2.30. The zero-order chi connectivity index (χ0) is 22.0. The van der Waals surface area contributed by atoms with Gasteiger partial charge in [-0.1, -0.05) is 17.7 Å². The van der Waals surface area contributed by atoms with Crippen LogP contribution in [0, 0.1) is 21.7 Å². The molecule has 162 valence electrons. The highest BCUT2D eigenvalue weighted by atomic mass is 19.2. The molecule has 2 saturated heterocycles. The van der Waals surface area contributed by atoms with Gasteiger partial charge in [-0.15, -0.1) is 0 Å². The van der Waals surface area contributed by atoms with E-state index in [1.807, 2.05) is 6.08 Å². The van der Waals surface area contributed by atoms with Gasteiger partial charge in [0.05, 0.1) is 4.92 Å². The molecule has 2 aliphatic rings. The van der Waals surface area contributed by atoms with Crippen LogP contribution in [0.15, 0.2) is 42.0 Å². The lowest BCUT2D eigenvalue weighted by atomic mass is 10.00. The van der Waals surface area contributed by atoms with E-state index in [1.54, 1.807) is 23.1 Å². The molecule has 2 fully saturated rings. The number of hydrogen-bond acceptors (Lipinski definition) is 4. The average molecular weight is 427 g/mol. The minimum Gasteiger partial charge on any atom is -0.371 e. The molecule has 8 heteroatoms. The van der Waals surface area contributed by atoms with Gasteiger partial charge < -0.3 is 9.80 Å². The molecule has 4 rings (SSSR count). The normalized spacial score (nSPS) is 16.5. The lowest BCUT2D eigenvalue weighted by Crippen LogP contribution is -2.31. The fourth-order valence-corrected chi connectivity index (χ4v) is 4.18. The number of hydrogen-bond donors (Lipinski definition) is 0. The second-order valence-electron chi connectivity index (χ2n) is 7.92. The molecule has 2 aromatic carbocycles. The van der Waals surface area contributed by atoms with Crippen molar-refractivity contribution < 1.29 is 18.5 Å². The van der Waals surface area contributed by atoms with Crippen LogP contribution in [0.25, 0.3) is 6.08 Å². The topological polar surface area (TPSA) is 66.7 Å². The highest BCUT2D eigenvalue weighted by Gasteiger charge is 2.28. The fraction of sp³-hybridized carbons (Fsp3) is 0.348. The number of nitrogens with zero attached hydrogens (tertiary/aromatic N) is 3. The monoisotopic (exact) mass is 427 g/mol. The maximum atomic E-state index is 13.4. The Morgan fingerprint density at radius 2 is 1.68 bits per heavy atom. The van der Waals surface area contributed by atoms with Gasteiger partial charge >= 0.3 is 0 Å². The second-order valence-corrected chi connectivity index (χ2v) is 7.92. The average Bonchev–Trinajstić information content (AvgIpc) is 3.31. The molecular formula is C23H23F2N3O3. The molecule has 0 aromatic heterocycles. The van der Waals surface area contributed by atoms with Gasteiger partial charge in [0.2, 0.25) is 0 Å². The molecule has 0 aliphatic carbocycles. The zero-order valence-corrected chi connectivity index (χ0v) is 17.0. The molecule has 0 saturated carbocycles. The van der Waals surface area contributed by atoms with E-state index in [-0.39, 0.29) is 17.2 Å². The molecule has 0 unspecified atom stereocenters. The minimum atomic E-state index is -0.868. The van der Waals surface area contributed by atoms with Gasteiger partial charge in [0, 0.05) is 37.9 Å². The predicted molar refractivity (Wildman–Crippen MR) is 114 cm³/mol. The van der Waals surface area contributed by atoms with Crippen molar-refractivity contribution in [2.24, 2.45) is 0 Å². The summed E-state index contributed by atoms with van der Waals surface area (Å²) in [4.78, 5) is 27.6. The first-order chi connectivity index (χ1) is 14.9. The van der Waals surface area contributed by atoms with E-state index in [0.29, 0.717) is 31.7 Å². The van der Waals surface area contributed by atoms with Gasteiger partial charge in [-0.2, -0.15) is 0 Å². The maximum absolute atomic E-state index is 13.4. The van der Waals surface area contributed by atoms with E-state index < -0.39 is 16.6 Å². The van der Waals surface area contributed by atoms with Crippen LogP contribution in [0.3, 0.4) is 0 Å². The standard InChI is InChI=1S/C23H23F2N3O3/c24-20-5-3-17(14-21(20)25)13-16-7-11-26(12-8-16)18-4-6-22(28(30)31)19(15-18)23(29)27-9-1-2-10-27/h3-6,13-15H,1-2,7-12H2. The summed E-state index contributed by atoms with van der Waals surface area (Å²) in [5.74, 6) is -2.02. The first-order valence-corrected chi connectivity index (χ1v) is 10.4. The van der Waals surface area contributed by atoms with Crippen molar-refractivity contribution in [2.45, 2.75) is 25.7 Å². The molecule has 1 amide bonds. The molecular weight excluding hydrogens is 404 g/mol. The van der Waals surface area contributed by atoms with Crippen LogP contribution < -0.4 is 4.90 Å². The van der Waals surface area contributed by atoms with Gasteiger partial charge in [0.25, 0.3) is 11.6 Å². The zero-order valence-electron chi connectivity index (χ0n) is 17.0. The Morgan fingerprint density at radius 3 is 2.32 bits per heavy atom. The van der Waals surface area contributed by atoms with Crippen molar-refractivity contribution in [1.82, 2.24) is 4.90 Å². The SMILES string of the molecule is O=C(c1cc(N2CCC(=Cc3ccc(F)c(F)c3)CC2)ccc1[N+](=O)[O-])N1CCCC1. The van der Waals surface area contributed by atoms with Gasteiger partial charge in [0.1, 0.15) is 5.56 Å². The molecule has 2 aliphatic heterocycles. The van der Waals surface area contributed by atoms with Crippen LogP contribution in [0.4, 0.5) is 20.2 Å². The highest BCUT2D eigenvalue weighted by molar-refractivity contribution is 5.99. The fourth-order valence-electron chi connectivity index (χ4n) is 4.18. The van der Waals surface area contributed by atoms with Gasteiger partial charge in [-0.05, 0) is 55.5 Å². The Bertz CT molecular complexity index is 1040. The Labute approximate surface area is 178 Å². The van der Waals surface area contributed by atoms with E-state index in [0.717, 1.165) is 43.0 Å². The van der Waals surface area contributed by atoms with Gasteiger partial charge in [-0.25, -0.2) is 8.78 Å². The number of benzene rings is 2. The molecule has 6 nitrogen and oxygen atoms in total. The van der Waals surface area contributed by atoms with Crippen molar-refractivity contribution in [3.8, 4) is 0 Å². The van der Waals surface area contributed by atoms with E-state index in [1.165, 1.54) is 12.1 Å². The summed E-state index contributed by atoms with van der Waals surface area (Å²) in [5.41, 5.74) is 2.48. The summed E-state index contributed by atoms with van der Waals surface area (Å²) in [6, 6.07) is 8.56. The lowest BCUT2D eigenvalue weighted by molar-refractivity contribution is -0.385. The van der Waals surface area contributed by atoms with E-state index >= 15 is 0 Å². The van der Waals surface area contributed by atoms with Crippen LogP contribution in [0.5, 0.6) is 0 Å². The van der Waals surface area contributed by atoms with Crippen molar-refractivity contribution >= 4 is 23.4 Å². The quantitative estimate of drug-likeness (QED) is 0.520. The number of carbonyl (C=O) groups excluding carboxylic acids is 1. The summed E-state index contributed by atoms with van der Waals surface area (Å²) < 4.78 is 26.5. The number of nitro groups is 1. The third kappa shape index (κ3) is 4.57. The molecule has 2 heterocycles. The predicted octanol–water partition coefficient (Wildman–Crippen LogP) is 4.79. The summed E-state index contributed by atoms with van der Waals surface area (Å²) in [6.45, 7) is 2.60. The summed E-state index contributed by atoms with van der Waals surface area (Å²) in [7, 11) is 0. The summed E-state index contributed by atoms with van der Waals surface area (Å²) >= 11 is 0. The number of anilines is 1. The van der Waals surface area contributed by atoms with Crippen molar-refractivity contribution in [1.29, 1.82) is 0 Å². The van der Waals surface area contributed by atoms with Gasteiger partial charge in [0.15, 0.2) is 11.6 Å². The second kappa shape index (κ2) is 8.83. The number of likely N-dealkylation sites (tertiary alicyclic amines) is 1.